The van der Waals surface area contributed by atoms with Crippen LogP contribution in [-0.4, -0.2) is 11.2 Å². The summed E-state index contributed by atoms with van der Waals surface area (Å²) in [6.07, 6.45) is 3.06. The summed E-state index contributed by atoms with van der Waals surface area (Å²) < 4.78 is 0. The van der Waals surface area contributed by atoms with Crippen LogP contribution in [0.1, 0.15) is 11.1 Å². The smallest absolute Gasteiger partial charge is 0.0992 e. The monoisotopic (exact) mass is 169 g/mol. The van der Waals surface area contributed by atoms with Crippen LogP contribution in [0.4, 0.5) is 0 Å². The summed E-state index contributed by atoms with van der Waals surface area (Å²) in [5, 5.41) is 16.8. The second-order valence-electron chi connectivity index (χ2n) is 2.76. The summed E-state index contributed by atoms with van der Waals surface area (Å²) in [6.45, 7) is 0. The lowest BCUT2D eigenvalue weighted by molar-refractivity contribution is 1.45. The number of hydrogen-bond donors (Lipinski definition) is 2. The maximum Gasteiger partial charge on any atom is 0.0992 e. The van der Waals surface area contributed by atoms with E-state index in [0.29, 0.717) is 5.56 Å². The standard InChI is InChI=1S/C10H7N3/c11-4-7-1-2-9-8(5-12)6-13-10(9)3-7/h1-3,5-6,12-13H. The normalized spacial score (nSPS) is 9.77. The molecule has 1 heterocycles. The van der Waals surface area contributed by atoms with Gasteiger partial charge in [-0.1, -0.05) is 6.07 Å². The van der Waals surface area contributed by atoms with E-state index in [1.54, 1.807) is 18.3 Å². The second kappa shape index (κ2) is 2.76. The zero-order valence-corrected chi connectivity index (χ0v) is 6.83. The molecule has 0 unspecified atom stereocenters. The van der Waals surface area contributed by atoms with Gasteiger partial charge in [0, 0.05) is 28.9 Å². The van der Waals surface area contributed by atoms with E-state index in [2.05, 4.69) is 11.1 Å². The van der Waals surface area contributed by atoms with Crippen molar-refractivity contribution in [2.24, 2.45) is 0 Å². The fourth-order valence-electron chi connectivity index (χ4n) is 1.34. The highest BCUT2D eigenvalue weighted by atomic mass is 14.7. The highest BCUT2D eigenvalue weighted by Crippen LogP contribution is 2.17. The first-order chi connectivity index (χ1) is 6.35. The number of nitrogens with zero attached hydrogens (tertiary/aromatic N) is 1. The Morgan fingerprint density at radius 2 is 2.31 bits per heavy atom. The van der Waals surface area contributed by atoms with Gasteiger partial charge in [-0.05, 0) is 12.1 Å². The van der Waals surface area contributed by atoms with Gasteiger partial charge < -0.3 is 10.4 Å². The molecule has 13 heavy (non-hydrogen) atoms. The Hall–Kier alpha value is -2.08. The number of nitrogens with one attached hydrogen (secondary N) is 2. The van der Waals surface area contributed by atoms with Crippen molar-refractivity contribution in [2.45, 2.75) is 0 Å². The topological polar surface area (TPSA) is 63.4 Å². The van der Waals surface area contributed by atoms with Gasteiger partial charge >= 0.3 is 0 Å². The first-order valence-corrected chi connectivity index (χ1v) is 3.87. The zero-order chi connectivity index (χ0) is 9.26. The van der Waals surface area contributed by atoms with Crippen LogP contribution < -0.4 is 0 Å². The van der Waals surface area contributed by atoms with Gasteiger partial charge in [0.1, 0.15) is 0 Å². The predicted molar refractivity (Wildman–Crippen MR) is 50.9 cm³/mol. The molecular weight excluding hydrogens is 162 g/mol. The van der Waals surface area contributed by atoms with Gasteiger partial charge in [0.15, 0.2) is 0 Å². The number of hydrogen-bond acceptors (Lipinski definition) is 2. The maximum atomic E-state index is 8.65. The molecule has 62 valence electrons. The molecule has 0 spiro atoms. The number of nitriles is 1. The third-order valence-electron chi connectivity index (χ3n) is 2.00. The number of rotatable bonds is 1. The fraction of sp³-hybridized carbons (Fsp3) is 0. The molecule has 2 aromatic rings. The van der Waals surface area contributed by atoms with E-state index in [-0.39, 0.29) is 0 Å². The van der Waals surface area contributed by atoms with Crippen LogP contribution in [0, 0.1) is 16.7 Å². The molecule has 0 aliphatic rings. The largest absolute Gasteiger partial charge is 0.360 e. The van der Waals surface area contributed by atoms with Crippen molar-refractivity contribution < 1.29 is 0 Å². The third kappa shape index (κ3) is 1.09. The van der Waals surface area contributed by atoms with Crippen LogP contribution in [0.5, 0.6) is 0 Å². The highest BCUT2D eigenvalue weighted by Gasteiger charge is 2.01. The van der Waals surface area contributed by atoms with Crippen molar-refractivity contribution in [1.82, 2.24) is 4.98 Å². The Morgan fingerprint density at radius 3 is 3.00 bits per heavy atom. The van der Waals surface area contributed by atoms with Gasteiger partial charge in [-0.2, -0.15) is 5.26 Å². The van der Waals surface area contributed by atoms with E-state index in [1.165, 1.54) is 6.21 Å². The van der Waals surface area contributed by atoms with Crippen molar-refractivity contribution in [2.75, 3.05) is 0 Å². The summed E-state index contributed by atoms with van der Waals surface area (Å²) >= 11 is 0. The lowest BCUT2D eigenvalue weighted by atomic mass is 10.1. The zero-order valence-electron chi connectivity index (χ0n) is 6.83. The first-order valence-electron chi connectivity index (χ1n) is 3.87. The molecule has 3 nitrogen and oxygen atoms in total. The summed E-state index contributed by atoms with van der Waals surface area (Å²) in [5.74, 6) is 0. The average molecular weight is 169 g/mol. The molecule has 0 saturated carbocycles. The first kappa shape index (κ1) is 7.56. The van der Waals surface area contributed by atoms with Crippen molar-refractivity contribution in [1.29, 1.82) is 10.7 Å². The van der Waals surface area contributed by atoms with Gasteiger partial charge in [-0.3, -0.25) is 0 Å². The Kier molecular flexibility index (Phi) is 1.60. The molecule has 0 aliphatic carbocycles. The number of benzene rings is 1. The number of aromatic amines is 1. The molecule has 0 radical (unpaired) electrons. The predicted octanol–water partition coefficient (Wildman–Crippen LogP) is 2.04. The van der Waals surface area contributed by atoms with E-state index >= 15 is 0 Å². The van der Waals surface area contributed by atoms with Gasteiger partial charge in [0.25, 0.3) is 0 Å². The number of fused-ring (bicyclic) bond motifs is 1. The number of aromatic nitrogens is 1. The molecule has 3 heteroatoms. The SMILES string of the molecule is N#Cc1ccc2c(C=N)c[nH]c2c1. The molecule has 0 bridgehead atoms. The summed E-state index contributed by atoms with van der Waals surface area (Å²) in [4.78, 5) is 3.01. The van der Waals surface area contributed by atoms with E-state index in [0.717, 1.165) is 16.5 Å². The maximum absolute atomic E-state index is 8.65. The minimum atomic E-state index is 0.630. The van der Waals surface area contributed by atoms with Crippen LogP contribution in [-0.2, 0) is 0 Å². The van der Waals surface area contributed by atoms with Crippen LogP contribution in [0.3, 0.4) is 0 Å². The quantitative estimate of drug-likeness (QED) is 0.630. The van der Waals surface area contributed by atoms with Gasteiger partial charge in [-0.15, -0.1) is 0 Å². The Labute approximate surface area is 75.1 Å². The molecule has 1 aromatic heterocycles. The highest BCUT2D eigenvalue weighted by molar-refractivity contribution is 5.98. The molecule has 2 rings (SSSR count). The van der Waals surface area contributed by atoms with E-state index in [4.69, 9.17) is 10.7 Å². The lowest BCUT2D eigenvalue weighted by Crippen LogP contribution is -1.76. The summed E-state index contributed by atoms with van der Waals surface area (Å²) in [6, 6.07) is 7.45. The van der Waals surface area contributed by atoms with Gasteiger partial charge in [-0.25, -0.2) is 0 Å². The molecule has 0 saturated heterocycles. The Balaban J connectivity index is 2.76. The van der Waals surface area contributed by atoms with Crippen molar-refractivity contribution in [3.63, 3.8) is 0 Å². The fourth-order valence-corrected chi connectivity index (χ4v) is 1.34. The molecule has 2 N–H and O–H groups in total. The Morgan fingerprint density at radius 1 is 1.46 bits per heavy atom. The van der Waals surface area contributed by atoms with Gasteiger partial charge in [0.05, 0.1) is 11.6 Å². The average Bonchev–Trinajstić information content (AvgIpc) is 2.59. The lowest BCUT2D eigenvalue weighted by Gasteiger charge is -1.91. The molecule has 0 aliphatic heterocycles. The van der Waals surface area contributed by atoms with Gasteiger partial charge in [0.2, 0.25) is 0 Å². The van der Waals surface area contributed by atoms with E-state index in [1.807, 2.05) is 6.07 Å². The minimum absolute atomic E-state index is 0.630. The van der Waals surface area contributed by atoms with E-state index in [9.17, 15) is 0 Å². The van der Waals surface area contributed by atoms with Crippen LogP contribution in [0.15, 0.2) is 24.4 Å². The molecule has 0 amide bonds. The second-order valence-corrected chi connectivity index (χ2v) is 2.76. The number of H-pyrrole nitrogens is 1. The molecule has 0 fully saturated rings. The summed E-state index contributed by atoms with van der Waals surface area (Å²) in [7, 11) is 0. The Bertz CT molecular complexity index is 502. The van der Waals surface area contributed by atoms with Crippen molar-refractivity contribution in [3.8, 4) is 6.07 Å². The molecule has 1 aromatic carbocycles. The van der Waals surface area contributed by atoms with E-state index < -0.39 is 0 Å². The summed E-state index contributed by atoms with van der Waals surface area (Å²) in [5.41, 5.74) is 2.38. The van der Waals surface area contributed by atoms with Crippen molar-refractivity contribution in [3.05, 3.63) is 35.5 Å². The molecular formula is C10H7N3. The van der Waals surface area contributed by atoms with Crippen LogP contribution in [0.25, 0.3) is 10.9 Å². The minimum Gasteiger partial charge on any atom is -0.360 e. The van der Waals surface area contributed by atoms with Crippen LogP contribution >= 0.6 is 0 Å². The van der Waals surface area contributed by atoms with Crippen LogP contribution in [0.2, 0.25) is 0 Å². The third-order valence-corrected chi connectivity index (χ3v) is 2.00. The van der Waals surface area contributed by atoms with Crippen molar-refractivity contribution >= 4 is 17.1 Å². The molecule has 0 atom stereocenters.